The van der Waals surface area contributed by atoms with Gasteiger partial charge in [-0.15, -0.1) is 0 Å². The number of hydrogen-bond donors (Lipinski definition) is 0. The number of benzene rings is 6. The van der Waals surface area contributed by atoms with Crippen molar-refractivity contribution in [3.05, 3.63) is 127 Å². The highest BCUT2D eigenvalue weighted by Crippen LogP contribution is 2.42. The SMILES string of the molecule is c1ccc2nc(-n3c4ccccc4c4ccccc43)c(-c3cccc4oc5cc6c(cc5c34)oc3ccccc36)nc2c1. The minimum Gasteiger partial charge on any atom is -0.456 e. The molecule has 0 N–H and O–H groups in total. The van der Waals surface area contributed by atoms with Crippen LogP contribution in [0.25, 0.3) is 93.8 Å². The molecule has 0 saturated carbocycles. The first-order valence-electron chi connectivity index (χ1n) is 14.3. The van der Waals surface area contributed by atoms with Crippen molar-refractivity contribution in [1.82, 2.24) is 14.5 Å². The highest BCUT2D eigenvalue weighted by molar-refractivity contribution is 6.18. The molecule has 0 radical (unpaired) electrons. The molecular formula is C38H21N3O2. The average Bonchev–Trinajstić information content (AvgIpc) is 3.72. The molecule has 0 spiro atoms. The van der Waals surface area contributed by atoms with Gasteiger partial charge in [0.05, 0.1) is 22.1 Å². The Morgan fingerprint density at radius 3 is 1.81 bits per heavy atom. The van der Waals surface area contributed by atoms with E-state index in [1.165, 1.54) is 10.8 Å². The Balaban J connectivity index is 1.35. The van der Waals surface area contributed by atoms with E-state index in [1.807, 2.05) is 54.6 Å². The number of furan rings is 2. The molecule has 0 unspecified atom stereocenters. The maximum absolute atomic E-state index is 6.50. The Kier molecular flexibility index (Phi) is 4.39. The van der Waals surface area contributed by atoms with E-state index in [2.05, 4.69) is 77.4 Å². The molecule has 6 aromatic carbocycles. The van der Waals surface area contributed by atoms with Crippen LogP contribution in [0.1, 0.15) is 0 Å². The van der Waals surface area contributed by atoms with E-state index in [9.17, 15) is 0 Å². The fraction of sp³-hybridized carbons (Fsp3) is 0. The van der Waals surface area contributed by atoms with Crippen molar-refractivity contribution in [2.75, 3.05) is 0 Å². The number of nitrogens with zero attached hydrogens (tertiary/aromatic N) is 3. The first-order chi connectivity index (χ1) is 21.3. The molecule has 0 aliphatic heterocycles. The topological polar surface area (TPSA) is 57.0 Å². The number of aromatic nitrogens is 3. The van der Waals surface area contributed by atoms with Crippen LogP contribution in [0.15, 0.2) is 136 Å². The van der Waals surface area contributed by atoms with E-state index in [0.29, 0.717) is 0 Å². The van der Waals surface area contributed by atoms with Crippen LogP contribution in [0.5, 0.6) is 0 Å². The maximum atomic E-state index is 6.50. The summed E-state index contributed by atoms with van der Waals surface area (Å²) >= 11 is 0. The lowest BCUT2D eigenvalue weighted by atomic mass is 10.0. The molecule has 43 heavy (non-hydrogen) atoms. The van der Waals surface area contributed by atoms with Gasteiger partial charge in [0.15, 0.2) is 5.82 Å². The Morgan fingerprint density at radius 1 is 0.442 bits per heavy atom. The molecule has 200 valence electrons. The second-order valence-electron chi connectivity index (χ2n) is 11.0. The lowest BCUT2D eigenvalue weighted by Gasteiger charge is -2.14. The van der Waals surface area contributed by atoms with Gasteiger partial charge in [-0.05, 0) is 48.5 Å². The van der Waals surface area contributed by atoms with E-state index in [0.717, 1.165) is 83.0 Å². The lowest BCUT2D eigenvalue weighted by Crippen LogP contribution is -2.03. The highest BCUT2D eigenvalue weighted by atomic mass is 16.3. The van der Waals surface area contributed by atoms with Crippen molar-refractivity contribution in [2.24, 2.45) is 0 Å². The molecule has 5 nitrogen and oxygen atoms in total. The predicted octanol–water partition coefficient (Wildman–Crippen LogP) is 10.2. The fourth-order valence-corrected chi connectivity index (χ4v) is 6.72. The highest BCUT2D eigenvalue weighted by Gasteiger charge is 2.22. The van der Waals surface area contributed by atoms with Gasteiger partial charge in [-0.25, -0.2) is 9.97 Å². The van der Waals surface area contributed by atoms with Gasteiger partial charge >= 0.3 is 0 Å². The Hall–Kier alpha value is -5.94. The molecule has 0 saturated heterocycles. The van der Waals surface area contributed by atoms with Crippen molar-refractivity contribution in [2.45, 2.75) is 0 Å². The van der Waals surface area contributed by atoms with Crippen molar-refractivity contribution >= 4 is 76.7 Å². The molecule has 0 bridgehead atoms. The molecule has 10 aromatic rings. The van der Waals surface area contributed by atoms with Crippen LogP contribution in [-0.2, 0) is 0 Å². The van der Waals surface area contributed by atoms with Gasteiger partial charge < -0.3 is 8.83 Å². The summed E-state index contributed by atoms with van der Waals surface area (Å²) in [6.45, 7) is 0. The molecule has 4 aromatic heterocycles. The zero-order chi connectivity index (χ0) is 28.1. The van der Waals surface area contributed by atoms with Gasteiger partial charge in [-0.2, -0.15) is 0 Å². The summed E-state index contributed by atoms with van der Waals surface area (Å²) in [6, 6.07) is 43.5. The van der Waals surface area contributed by atoms with Crippen molar-refractivity contribution < 1.29 is 8.83 Å². The van der Waals surface area contributed by atoms with Crippen LogP contribution in [0.4, 0.5) is 0 Å². The summed E-state index contributed by atoms with van der Waals surface area (Å²) in [4.78, 5) is 10.6. The van der Waals surface area contributed by atoms with Crippen LogP contribution >= 0.6 is 0 Å². The average molecular weight is 552 g/mol. The largest absolute Gasteiger partial charge is 0.456 e. The Bertz CT molecular complexity index is 2690. The maximum Gasteiger partial charge on any atom is 0.165 e. The van der Waals surface area contributed by atoms with Gasteiger partial charge in [0.25, 0.3) is 0 Å². The third-order valence-electron chi connectivity index (χ3n) is 8.59. The molecule has 0 aliphatic rings. The third-order valence-corrected chi connectivity index (χ3v) is 8.59. The van der Waals surface area contributed by atoms with Crippen molar-refractivity contribution in [3.8, 4) is 17.1 Å². The van der Waals surface area contributed by atoms with Gasteiger partial charge in [0, 0.05) is 37.9 Å². The van der Waals surface area contributed by atoms with E-state index in [-0.39, 0.29) is 0 Å². The van der Waals surface area contributed by atoms with E-state index >= 15 is 0 Å². The second-order valence-corrected chi connectivity index (χ2v) is 11.0. The van der Waals surface area contributed by atoms with E-state index in [1.54, 1.807) is 0 Å². The van der Waals surface area contributed by atoms with E-state index in [4.69, 9.17) is 18.8 Å². The van der Waals surface area contributed by atoms with Crippen LogP contribution in [-0.4, -0.2) is 14.5 Å². The Labute approximate surface area is 244 Å². The normalized spacial score (nSPS) is 12.2. The smallest absolute Gasteiger partial charge is 0.165 e. The summed E-state index contributed by atoms with van der Waals surface area (Å²) in [6.07, 6.45) is 0. The first-order valence-corrected chi connectivity index (χ1v) is 14.3. The number of para-hydroxylation sites is 5. The minimum absolute atomic E-state index is 0.780. The standard InChI is InChI=1S/C38H21N3O2/c1-6-16-30-22(10-1)23-11-2-7-17-31(23)41(30)38-37(39-28-14-4-5-15-29(28)40-38)25-13-9-19-33-36(25)27-21-34-26(20-35(27)43-33)24-12-3-8-18-32(24)42-34/h1-21H. The summed E-state index contributed by atoms with van der Waals surface area (Å²) < 4.78 is 15.0. The molecule has 5 heteroatoms. The quantitative estimate of drug-likeness (QED) is 0.214. The van der Waals surface area contributed by atoms with Crippen LogP contribution < -0.4 is 0 Å². The summed E-state index contributed by atoms with van der Waals surface area (Å²) in [7, 11) is 0. The monoisotopic (exact) mass is 551 g/mol. The van der Waals surface area contributed by atoms with Gasteiger partial charge in [-0.3, -0.25) is 4.57 Å². The zero-order valence-electron chi connectivity index (χ0n) is 22.8. The molecule has 0 fully saturated rings. The fourth-order valence-electron chi connectivity index (χ4n) is 6.72. The molecule has 0 atom stereocenters. The Morgan fingerprint density at radius 2 is 1.02 bits per heavy atom. The first kappa shape index (κ1) is 22.7. The van der Waals surface area contributed by atoms with Crippen LogP contribution in [0.3, 0.4) is 0 Å². The summed E-state index contributed by atoms with van der Waals surface area (Å²) in [5, 5.41) is 6.46. The summed E-state index contributed by atoms with van der Waals surface area (Å²) in [5.74, 6) is 0.780. The molecular weight excluding hydrogens is 530 g/mol. The molecule has 4 heterocycles. The van der Waals surface area contributed by atoms with E-state index < -0.39 is 0 Å². The minimum atomic E-state index is 0.780. The lowest BCUT2D eigenvalue weighted by molar-refractivity contribution is 0.664. The number of fused-ring (bicyclic) bond motifs is 10. The summed E-state index contributed by atoms with van der Waals surface area (Å²) in [5.41, 5.74) is 8.92. The zero-order valence-corrected chi connectivity index (χ0v) is 22.8. The molecule has 0 amide bonds. The van der Waals surface area contributed by atoms with Crippen molar-refractivity contribution in [3.63, 3.8) is 0 Å². The van der Waals surface area contributed by atoms with Gasteiger partial charge in [0.2, 0.25) is 0 Å². The predicted molar refractivity (Wildman–Crippen MR) is 174 cm³/mol. The molecule has 0 aliphatic carbocycles. The van der Waals surface area contributed by atoms with Gasteiger partial charge in [0.1, 0.15) is 28.0 Å². The number of rotatable bonds is 2. The van der Waals surface area contributed by atoms with Gasteiger partial charge in [-0.1, -0.05) is 78.9 Å². The van der Waals surface area contributed by atoms with Crippen LogP contribution in [0.2, 0.25) is 0 Å². The van der Waals surface area contributed by atoms with Crippen LogP contribution in [0, 0.1) is 0 Å². The number of hydrogen-bond acceptors (Lipinski definition) is 4. The third kappa shape index (κ3) is 3.11. The molecule has 10 rings (SSSR count). The second kappa shape index (κ2) is 8.30. The van der Waals surface area contributed by atoms with Crippen molar-refractivity contribution in [1.29, 1.82) is 0 Å².